The van der Waals surface area contributed by atoms with E-state index in [-0.39, 0.29) is 31.2 Å². The predicted octanol–water partition coefficient (Wildman–Crippen LogP) is 2.73. The number of alkyl halides is 2. The smallest absolute Gasteiger partial charge is 0.252 e. The van der Waals surface area contributed by atoms with E-state index < -0.39 is 17.9 Å². The second-order valence-corrected chi connectivity index (χ2v) is 9.91. The average Bonchev–Trinajstić information content (AvgIpc) is 3.48. The summed E-state index contributed by atoms with van der Waals surface area (Å²) in [5, 5.41) is 25.9. The molecule has 188 valence electrons. The summed E-state index contributed by atoms with van der Waals surface area (Å²) in [6.07, 6.45) is 1.88. The van der Waals surface area contributed by atoms with Gasteiger partial charge in [-0.25, -0.2) is 8.78 Å². The summed E-state index contributed by atoms with van der Waals surface area (Å²) < 4.78 is 26.0. The number of carbonyl (C=O) groups excluding carboxylic acids is 2. The van der Waals surface area contributed by atoms with Crippen molar-refractivity contribution in [1.29, 1.82) is 0 Å². The van der Waals surface area contributed by atoms with Crippen LogP contribution >= 0.6 is 11.3 Å². The van der Waals surface area contributed by atoms with E-state index in [1.807, 2.05) is 12.1 Å². The third-order valence-electron chi connectivity index (χ3n) is 6.05. The minimum atomic E-state index is -2.70. The van der Waals surface area contributed by atoms with Crippen molar-refractivity contribution in [2.75, 3.05) is 28.6 Å². The third kappa shape index (κ3) is 5.90. The molecule has 2 aromatic heterocycles. The van der Waals surface area contributed by atoms with Crippen LogP contribution in [0, 0.1) is 0 Å². The molecule has 10 nitrogen and oxygen atoms in total. The summed E-state index contributed by atoms with van der Waals surface area (Å²) in [7, 11) is 0. The summed E-state index contributed by atoms with van der Waals surface area (Å²) in [5.74, 6) is -2.60. The number of aromatic nitrogens is 4. The number of carbonyl (C=O) groups is 2. The van der Waals surface area contributed by atoms with Crippen molar-refractivity contribution < 1.29 is 18.4 Å². The molecule has 3 heterocycles. The Balaban J connectivity index is 1.10. The first-order valence-corrected chi connectivity index (χ1v) is 12.3. The first-order chi connectivity index (χ1) is 17.3. The highest BCUT2D eigenvalue weighted by molar-refractivity contribution is 7.19. The van der Waals surface area contributed by atoms with Gasteiger partial charge in [0.2, 0.25) is 16.2 Å². The lowest BCUT2D eigenvalue weighted by Crippen LogP contribution is -2.50. The highest BCUT2D eigenvalue weighted by atomic mass is 32.1. The maximum atomic E-state index is 13.0. The van der Waals surface area contributed by atoms with Crippen molar-refractivity contribution in [3.8, 4) is 0 Å². The number of hydrogen-bond donors (Lipinski definition) is 3. The number of nitrogens with one attached hydrogen (secondary N) is 3. The Kier molecular flexibility index (Phi) is 6.72. The Morgan fingerprint density at radius 2 is 1.92 bits per heavy atom. The molecule has 5 rings (SSSR count). The topological polar surface area (TPSA) is 125 Å². The van der Waals surface area contributed by atoms with Crippen LogP contribution in [-0.2, 0) is 11.2 Å². The number of halogens is 2. The Labute approximate surface area is 209 Å². The fourth-order valence-electron chi connectivity index (χ4n) is 4.26. The van der Waals surface area contributed by atoms with Gasteiger partial charge in [0.05, 0.1) is 6.42 Å². The van der Waals surface area contributed by atoms with Gasteiger partial charge in [0, 0.05) is 49.8 Å². The van der Waals surface area contributed by atoms with Crippen LogP contribution in [-0.4, -0.2) is 63.3 Å². The van der Waals surface area contributed by atoms with Gasteiger partial charge in [-0.05, 0) is 36.2 Å². The second kappa shape index (κ2) is 10.1. The van der Waals surface area contributed by atoms with Gasteiger partial charge in [0.15, 0.2) is 5.82 Å². The zero-order chi connectivity index (χ0) is 25.1. The van der Waals surface area contributed by atoms with Gasteiger partial charge in [-0.15, -0.1) is 15.3 Å². The fraction of sp³-hybridized carbons (Fsp3) is 0.391. The van der Waals surface area contributed by atoms with Gasteiger partial charge >= 0.3 is 0 Å². The minimum absolute atomic E-state index is 0.0284. The van der Waals surface area contributed by atoms with Crippen molar-refractivity contribution >= 4 is 39.2 Å². The van der Waals surface area contributed by atoms with Crippen LogP contribution in [0.25, 0.3) is 0 Å². The molecule has 2 fully saturated rings. The largest absolute Gasteiger partial charge is 0.355 e. The predicted molar refractivity (Wildman–Crippen MR) is 130 cm³/mol. The summed E-state index contributed by atoms with van der Waals surface area (Å²) in [6.45, 7) is 1.61. The lowest BCUT2D eigenvalue weighted by Gasteiger charge is -2.35. The first kappa shape index (κ1) is 24.0. The maximum Gasteiger partial charge on any atom is 0.252 e. The van der Waals surface area contributed by atoms with E-state index in [2.05, 4.69) is 41.2 Å². The lowest BCUT2D eigenvalue weighted by molar-refractivity contribution is -0.115. The van der Waals surface area contributed by atoms with Crippen LogP contribution in [0.2, 0.25) is 0 Å². The summed E-state index contributed by atoms with van der Waals surface area (Å²) in [6, 6.07) is 9.98. The number of rotatable bonds is 8. The molecule has 2 aliphatic rings. The molecule has 1 saturated carbocycles. The van der Waals surface area contributed by atoms with Crippen LogP contribution in [0.3, 0.4) is 0 Å². The van der Waals surface area contributed by atoms with Crippen molar-refractivity contribution in [3.05, 3.63) is 53.7 Å². The molecule has 3 N–H and O–H groups in total. The zero-order valence-corrected chi connectivity index (χ0v) is 20.0. The number of hydrogen-bond acceptors (Lipinski definition) is 9. The van der Waals surface area contributed by atoms with Crippen molar-refractivity contribution in [1.82, 2.24) is 25.7 Å². The molecule has 36 heavy (non-hydrogen) atoms. The number of benzene rings is 1. The molecule has 0 bridgehead atoms. The number of amides is 2. The van der Waals surface area contributed by atoms with Crippen molar-refractivity contribution in [2.45, 2.75) is 43.7 Å². The minimum Gasteiger partial charge on any atom is -0.355 e. The number of nitrogens with zero attached hydrogens (tertiary/aromatic N) is 5. The molecule has 0 spiro atoms. The molecule has 1 saturated heterocycles. The van der Waals surface area contributed by atoms with Crippen molar-refractivity contribution in [3.63, 3.8) is 0 Å². The highest BCUT2D eigenvalue weighted by Gasteiger charge is 2.45. The third-order valence-corrected chi connectivity index (χ3v) is 6.82. The standard InChI is InChI=1S/C23H24F2N8O2S/c24-23(25)11-17(12-23)27-20(35)15-4-1-3-14(9-15)10-19(34)29-22-32-31-21(36-22)28-16-6-8-33(13-16)18-5-2-7-26-30-18/h1-5,7,9,16-17H,6,8,10-13H2,(H,27,35)(H,28,31)(H,29,32,34)/t16-/m1/s1. The molecule has 13 heteroatoms. The molecule has 1 aliphatic heterocycles. The van der Waals surface area contributed by atoms with E-state index in [9.17, 15) is 18.4 Å². The van der Waals surface area contributed by atoms with Gasteiger partial charge in [-0.2, -0.15) is 5.10 Å². The summed E-state index contributed by atoms with van der Waals surface area (Å²) >= 11 is 1.24. The zero-order valence-electron chi connectivity index (χ0n) is 19.2. The van der Waals surface area contributed by atoms with Crippen LogP contribution in [0.15, 0.2) is 42.6 Å². The van der Waals surface area contributed by atoms with Crippen LogP contribution in [0.4, 0.5) is 24.9 Å². The Bertz CT molecular complexity index is 1230. The van der Waals surface area contributed by atoms with E-state index in [0.717, 1.165) is 25.3 Å². The van der Waals surface area contributed by atoms with E-state index in [1.54, 1.807) is 30.5 Å². The molecule has 3 aromatic rings. The van der Waals surface area contributed by atoms with E-state index >= 15 is 0 Å². The van der Waals surface area contributed by atoms with Crippen LogP contribution in [0.5, 0.6) is 0 Å². The molecular weight excluding hydrogens is 490 g/mol. The fourth-order valence-corrected chi connectivity index (χ4v) is 5.00. The Morgan fingerprint density at radius 3 is 2.69 bits per heavy atom. The second-order valence-electron chi connectivity index (χ2n) is 8.93. The Morgan fingerprint density at radius 1 is 1.08 bits per heavy atom. The van der Waals surface area contributed by atoms with Crippen LogP contribution in [0.1, 0.15) is 35.2 Å². The molecule has 0 radical (unpaired) electrons. The van der Waals surface area contributed by atoms with Gasteiger partial charge in [-0.1, -0.05) is 23.5 Å². The molecule has 0 unspecified atom stereocenters. The summed E-state index contributed by atoms with van der Waals surface area (Å²) in [5.41, 5.74) is 0.946. The summed E-state index contributed by atoms with van der Waals surface area (Å²) in [4.78, 5) is 27.0. The van der Waals surface area contributed by atoms with Crippen LogP contribution < -0.4 is 20.9 Å². The lowest BCUT2D eigenvalue weighted by atomic mass is 9.88. The molecule has 1 aliphatic carbocycles. The molecule has 2 amide bonds. The van der Waals surface area contributed by atoms with E-state index in [1.165, 1.54) is 11.3 Å². The normalized spacial score (nSPS) is 18.9. The maximum absolute atomic E-state index is 13.0. The van der Waals surface area contributed by atoms with Gasteiger partial charge < -0.3 is 20.9 Å². The first-order valence-electron chi connectivity index (χ1n) is 11.5. The van der Waals surface area contributed by atoms with Crippen molar-refractivity contribution in [2.24, 2.45) is 0 Å². The van der Waals surface area contributed by atoms with Gasteiger partial charge in [0.1, 0.15) is 0 Å². The quantitative estimate of drug-likeness (QED) is 0.419. The van der Waals surface area contributed by atoms with E-state index in [0.29, 0.717) is 21.4 Å². The molecule has 1 atom stereocenters. The molecule has 1 aromatic carbocycles. The average molecular weight is 515 g/mol. The Hall–Kier alpha value is -3.74. The SMILES string of the molecule is O=C(Cc1cccc(C(=O)NC2CC(F)(F)C2)c1)Nc1nnc(N[C@@H]2CCN(c3cccnn3)C2)s1. The highest BCUT2D eigenvalue weighted by Crippen LogP contribution is 2.37. The monoisotopic (exact) mass is 514 g/mol. The van der Waals surface area contributed by atoms with Gasteiger partial charge in [-0.3, -0.25) is 9.59 Å². The number of anilines is 3. The molecular formula is C23H24F2N8O2S. The van der Waals surface area contributed by atoms with E-state index in [4.69, 9.17) is 0 Å². The van der Waals surface area contributed by atoms with Gasteiger partial charge in [0.25, 0.3) is 11.8 Å².